The van der Waals surface area contributed by atoms with Crippen LogP contribution in [0.25, 0.3) is 0 Å². The summed E-state index contributed by atoms with van der Waals surface area (Å²) in [4.78, 5) is 15.4. The zero-order valence-corrected chi connectivity index (χ0v) is 9.62. The molecule has 4 nitrogen and oxygen atoms in total. The van der Waals surface area contributed by atoms with Crippen molar-refractivity contribution in [3.8, 4) is 6.07 Å². The summed E-state index contributed by atoms with van der Waals surface area (Å²) in [7, 11) is 0. The third-order valence-corrected chi connectivity index (χ3v) is 2.18. The van der Waals surface area contributed by atoms with Gasteiger partial charge in [-0.2, -0.15) is 5.26 Å². The van der Waals surface area contributed by atoms with Crippen LogP contribution in [0.15, 0.2) is 22.8 Å². The van der Waals surface area contributed by atoms with Gasteiger partial charge in [0.05, 0.1) is 6.07 Å². The van der Waals surface area contributed by atoms with Gasteiger partial charge in [-0.1, -0.05) is 0 Å². The van der Waals surface area contributed by atoms with Crippen molar-refractivity contribution in [3.05, 3.63) is 28.5 Å². The maximum atomic E-state index is 11.4. The second-order valence-corrected chi connectivity index (χ2v) is 3.79. The summed E-state index contributed by atoms with van der Waals surface area (Å²) >= 11 is 3.24. The second kappa shape index (κ2) is 6.14. The molecule has 0 fully saturated rings. The lowest BCUT2D eigenvalue weighted by molar-refractivity contribution is 0.0948. The van der Waals surface area contributed by atoms with Crippen molar-refractivity contribution >= 4 is 21.8 Å². The lowest BCUT2D eigenvalue weighted by Gasteiger charge is -2.02. The topological polar surface area (TPSA) is 65.8 Å². The first-order valence-corrected chi connectivity index (χ1v) is 5.30. The molecule has 1 aromatic rings. The van der Waals surface area contributed by atoms with Gasteiger partial charge in [-0.05, 0) is 34.5 Å². The van der Waals surface area contributed by atoms with Crippen LogP contribution in [0.4, 0.5) is 0 Å². The van der Waals surface area contributed by atoms with E-state index in [2.05, 4.69) is 26.2 Å². The number of nitrogens with zero attached hydrogens (tertiary/aromatic N) is 2. The third kappa shape index (κ3) is 4.09. The Hall–Kier alpha value is -1.41. The number of amides is 1. The highest BCUT2D eigenvalue weighted by atomic mass is 79.9. The van der Waals surface area contributed by atoms with Crippen molar-refractivity contribution in [2.45, 2.75) is 12.8 Å². The Morgan fingerprint density at radius 1 is 1.60 bits per heavy atom. The fraction of sp³-hybridized carbons (Fsp3) is 0.300. The molecule has 78 valence electrons. The number of pyridine rings is 1. The zero-order chi connectivity index (χ0) is 11.1. The number of carbonyl (C=O) groups excluding carboxylic acids is 1. The van der Waals surface area contributed by atoms with Gasteiger partial charge in [0, 0.05) is 23.6 Å². The van der Waals surface area contributed by atoms with E-state index in [0.717, 1.165) is 4.47 Å². The van der Waals surface area contributed by atoms with Gasteiger partial charge in [-0.15, -0.1) is 0 Å². The molecule has 1 amide bonds. The molecule has 0 aromatic carbocycles. The fourth-order valence-corrected chi connectivity index (χ4v) is 1.20. The predicted octanol–water partition coefficient (Wildman–Crippen LogP) is 1.88. The van der Waals surface area contributed by atoms with Gasteiger partial charge >= 0.3 is 0 Å². The fourth-order valence-electron chi connectivity index (χ4n) is 0.970. The summed E-state index contributed by atoms with van der Waals surface area (Å²) in [6.45, 7) is 0.504. The molecule has 0 atom stereocenters. The summed E-state index contributed by atoms with van der Waals surface area (Å²) in [5, 5.41) is 11.0. The second-order valence-electron chi connectivity index (χ2n) is 2.88. The SMILES string of the molecule is N#CCCCNC(=O)c1ccc(Br)cn1. The van der Waals surface area contributed by atoms with Gasteiger partial charge in [0.15, 0.2) is 0 Å². The lowest BCUT2D eigenvalue weighted by Crippen LogP contribution is -2.25. The van der Waals surface area contributed by atoms with Crippen LogP contribution in [0.3, 0.4) is 0 Å². The van der Waals surface area contributed by atoms with E-state index >= 15 is 0 Å². The van der Waals surface area contributed by atoms with E-state index in [1.54, 1.807) is 18.3 Å². The number of nitriles is 1. The highest BCUT2D eigenvalue weighted by Crippen LogP contribution is 2.07. The van der Waals surface area contributed by atoms with Crippen molar-refractivity contribution in [2.24, 2.45) is 0 Å². The average molecular weight is 268 g/mol. The van der Waals surface area contributed by atoms with Crippen molar-refractivity contribution in [1.82, 2.24) is 10.3 Å². The largest absolute Gasteiger partial charge is 0.351 e. The Morgan fingerprint density at radius 3 is 3.00 bits per heavy atom. The van der Waals surface area contributed by atoms with Crippen LogP contribution in [-0.4, -0.2) is 17.4 Å². The van der Waals surface area contributed by atoms with Crippen molar-refractivity contribution in [2.75, 3.05) is 6.54 Å². The number of hydrogen-bond donors (Lipinski definition) is 1. The first-order valence-electron chi connectivity index (χ1n) is 4.50. The van der Waals surface area contributed by atoms with E-state index in [4.69, 9.17) is 5.26 Å². The number of unbranched alkanes of at least 4 members (excludes halogenated alkanes) is 1. The molecule has 0 aliphatic heterocycles. The number of rotatable bonds is 4. The molecule has 0 spiro atoms. The van der Waals surface area contributed by atoms with Crippen molar-refractivity contribution in [1.29, 1.82) is 5.26 Å². The minimum Gasteiger partial charge on any atom is -0.351 e. The Labute approximate surface area is 96.4 Å². The Bertz CT molecular complexity index is 369. The van der Waals surface area contributed by atoms with Gasteiger partial charge in [-0.3, -0.25) is 4.79 Å². The molecule has 1 heterocycles. The van der Waals surface area contributed by atoms with E-state index in [0.29, 0.717) is 25.1 Å². The van der Waals surface area contributed by atoms with E-state index in [9.17, 15) is 4.79 Å². The average Bonchev–Trinajstić information content (AvgIpc) is 2.25. The van der Waals surface area contributed by atoms with Gasteiger partial charge in [0.25, 0.3) is 5.91 Å². The van der Waals surface area contributed by atoms with Crippen LogP contribution in [0.2, 0.25) is 0 Å². The molecule has 15 heavy (non-hydrogen) atoms. The summed E-state index contributed by atoms with van der Waals surface area (Å²) in [6.07, 6.45) is 2.69. The van der Waals surface area contributed by atoms with Crippen LogP contribution >= 0.6 is 15.9 Å². The number of nitrogens with one attached hydrogen (secondary N) is 1. The Morgan fingerprint density at radius 2 is 2.40 bits per heavy atom. The highest BCUT2D eigenvalue weighted by Gasteiger charge is 2.04. The standard InChI is InChI=1S/C10H10BrN3O/c11-8-3-4-9(14-7-8)10(15)13-6-2-1-5-12/h3-4,7H,1-2,6H2,(H,13,15). The van der Waals surface area contributed by atoms with Crippen LogP contribution < -0.4 is 5.32 Å². The number of halogens is 1. The quantitative estimate of drug-likeness (QED) is 0.848. The first-order chi connectivity index (χ1) is 7.24. The normalized spacial score (nSPS) is 9.33. The lowest BCUT2D eigenvalue weighted by atomic mass is 10.3. The molecule has 1 rings (SSSR count). The molecule has 1 N–H and O–H groups in total. The summed E-state index contributed by atoms with van der Waals surface area (Å²) in [6, 6.07) is 5.42. The summed E-state index contributed by atoms with van der Waals surface area (Å²) in [5.74, 6) is -0.208. The Kier molecular flexibility index (Phi) is 4.78. The molecule has 0 saturated carbocycles. The molecule has 0 saturated heterocycles. The third-order valence-electron chi connectivity index (χ3n) is 1.71. The summed E-state index contributed by atoms with van der Waals surface area (Å²) in [5.41, 5.74) is 0.384. The van der Waals surface area contributed by atoms with Crippen LogP contribution in [0.5, 0.6) is 0 Å². The maximum Gasteiger partial charge on any atom is 0.269 e. The molecule has 0 unspecified atom stereocenters. The minimum absolute atomic E-state index is 0.208. The highest BCUT2D eigenvalue weighted by molar-refractivity contribution is 9.10. The molecule has 0 aliphatic carbocycles. The van der Waals surface area contributed by atoms with Gasteiger partial charge in [0.1, 0.15) is 5.69 Å². The molecular formula is C10H10BrN3O. The van der Waals surface area contributed by atoms with Gasteiger partial charge < -0.3 is 5.32 Å². The van der Waals surface area contributed by atoms with Crippen LogP contribution in [0.1, 0.15) is 23.3 Å². The molecular weight excluding hydrogens is 258 g/mol. The van der Waals surface area contributed by atoms with Crippen molar-refractivity contribution < 1.29 is 4.79 Å². The molecule has 0 aliphatic rings. The van der Waals surface area contributed by atoms with E-state index in [-0.39, 0.29) is 5.91 Å². The van der Waals surface area contributed by atoms with E-state index < -0.39 is 0 Å². The molecule has 1 aromatic heterocycles. The monoisotopic (exact) mass is 267 g/mol. The van der Waals surface area contributed by atoms with Crippen LogP contribution in [0, 0.1) is 11.3 Å². The Balaban J connectivity index is 2.41. The number of hydrogen-bond acceptors (Lipinski definition) is 3. The zero-order valence-electron chi connectivity index (χ0n) is 8.03. The minimum atomic E-state index is -0.208. The van der Waals surface area contributed by atoms with Gasteiger partial charge in [0.2, 0.25) is 0 Å². The van der Waals surface area contributed by atoms with E-state index in [1.165, 1.54) is 0 Å². The predicted molar refractivity (Wildman–Crippen MR) is 59.1 cm³/mol. The number of carbonyl (C=O) groups is 1. The van der Waals surface area contributed by atoms with Crippen LogP contribution in [-0.2, 0) is 0 Å². The van der Waals surface area contributed by atoms with E-state index in [1.807, 2.05) is 6.07 Å². The molecule has 0 bridgehead atoms. The number of aromatic nitrogens is 1. The maximum absolute atomic E-state index is 11.4. The summed E-state index contributed by atoms with van der Waals surface area (Å²) < 4.78 is 0.837. The van der Waals surface area contributed by atoms with Crippen molar-refractivity contribution in [3.63, 3.8) is 0 Å². The molecule has 0 radical (unpaired) electrons. The molecule has 5 heteroatoms. The first kappa shape index (κ1) is 11.7. The van der Waals surface area contributed by atoms with Gasteiger partial charge in [-0.25, -0.2) is 4.98 Å². The smallest absolute Gasteiger partial charge is 0.269 e.